The predicted molar refractivity (Wildman–Crippen MR) is 89.7 cm³/mol. The highest BCUT2D eigenvalue weighted by Gasteiger charge is 2.14. The van der Waals surface area contributed by atoms with Crippen molar-refractivity contribution in [1.29, 1.82) is 0 Å². The Morgan fingerprint density at radius 1 is 1.10 bits per heavy atom. The zero-order valence-corrected chi connectivity index (χ0v) is 13.0. The monoisotopic (exact) mass is 341 g/mol. The number of nitrogens with one attached hydrogen (secondary N) is 1. The molecule has 0 aliphatic heterocycles. The van der Waals surface area contributed by atoms with Gasteiger partial charge in [-0.25, -0.2) is 0 Å². The molecule has 0 aliphatic rings. The second-order valence-corrected chi connectivity index (χ2v) is 5.89. The normalized spacial score (nSPS) is 12.5. The summed E-state index contributed by atoms with van der Waals surface area (Å²) in [4.78, 5) is 4.40. The summed E-state index contributed by atoms with van der Waals surface area (Å²) in [6.07, 6.45) is 2.63. The van der Waals surface area contributed by atoms with Gasteiger partial charge in [0, 0.05) is 16.1 Å². The van der Waals surface area contributed by atoms with Crippen molar-refractivity contribution in [1.82, 2.24) is 10.4 Å². The lowest BCUT2D eigenvalue weighted by Crippen LogP contribution is -2.29. The van der Waals surface area contributed by atoms with Crippen LogP contribution in [0.15, 0.2) is 65.3 Å². The molecule has 0 amide bonds. The van der Waals surface area contributed by atoms with Crippen LogP contribution in [0.2, 0.25) is 0 Å². The molecule has 106 valence electrons. The first kappa shape index (κ1) is 14.2. The van der Waals surface area contributed by atoms with Crippen LogP contribution in [-0.2, 0) is 6.42 Å². The van der Waals surface area contributed by atoms with Crippen LogP contribution in [0.5, 0.6) is 0 Å². The molecule has 3 N–H and O–H groups in total. The highest BCUT2D eigenvalue weighted by atomic mass is 79.9. The standard InChI is InChI=1S/C17H16BrN3/c18-13-5-1-4-12(10-13)11-17(21-19)15-6-2-8-16-14(15)7-3-9-20-16/h1-10,17,21H,11,19H2. The molecule has 0 aliphatic carbocycles. The van der Waals surface area contributed by atoms with E-state index in [1.807, 2.05) is 36.5 Å². The van der Waals surface area contributed by atoms with E-state index in [-0.39, 0.29) is 6.04 Å². The number of benzene rings is 2. The average Bonchev–Trinajstić information content (AvgIpc) is 2.52. The zero-order chi connectivity index (χ0) is 14.7. The second-order valence-electron chi connectivity index (χ2n) is 4.97. The Morgan fingerprint density at radius 2 is 1.95 bits per heavy atom. The minimum absolute atomic E-state index is 0.0483. The molecule has 1 unspecified atom stereocenters. The van der Waals surface area contributed by atoms with Crippen LogP contribution in [-0.4, -0.2) is 4.98 Å². The third-order valence-corrected chi connectivity index (χ3v) is 4.08. The van der Waals surface area contributed by atoms with Crippen molar-refractivity contribution in [3.8, 4) is 0 Å². The second kappa shape index (κ2) is 6.35. The van der Waals surface area contributed by atoms with E-state index in [1.165, 1.54) is 11.1 Å². The fraction of sp³-hybridized carbons (Fsp3) is 0.118. The molecule has 4 heteroatoms. The number of halogens is 1. The third kappa shape index (κ3) is 3.13. The molecule has 1 atom stereocenters. The summed E-state index contributed by atoms with van der Waals surface area (Å²) in [7, 11) is 0. The SMILES string of the molecule is NNC(Cc1cccc(Br)c1)c1cccc2ncccc12. The van der Waals surface area contributed by atoms with Gasteiger partial charge in [0.05, 0.1) is 11.6 Å². The number of pyridine rings is 1. The number of hydrazine groups is 1. The van der Waals surface area contributed by atoms with E-state index < -0.39 is 0 Å². The Hall–Kier alpha value is -1.75. The highest BCUT2D eigenvalue weighted by molar-refractivity contribution is 9.10. The third-order valence-electron chi connectivity index (χ3n) is 3.58. The highest BCUT2D eigenvalue weighted by Crippen LogP contribution is 2.26. The Kier molecular flexibility index (Phi) is 4.29. The molecule has 1 aromatic heterocycles. The first-order valence-electron chi connectivity index (χ1n) is 6.82. The number of nitrogens with zero attached hydrogens (tertiary/aromatic N) is 1. The van der Waals surface area contributed by atoms with Crippen LogP contribution in [0, 0.1) is 0 Å². The summed E-state index contributed by atoms with van der Waals surface area (Å²) < 4.78 is 1.08. The van der Waals surface area contributed by atoms with Gasteiger partial charge in [-0.3, -0.25) is 16.3 Å². The Labute approximate surface area is 132 Å². The number of nitrogens with two attached hydrogens (primary N) is 1. The average molecular weight is 342 g/mol. The number of rotatable bonds is 4. The Morgan fingerprint density at radius 3 is 2.76 bits per heavy atom. The fourth-order valence-corrected chi connectivity index (χ4v) is 3.04. The molecule has 0 bridgehead atoms. The van der Waals surface area contributed by atoms with Crippen molar-refractivity contribution in [2.24, 2.45) is 5.84 Å². The van der Waals surface area contributed by atoms with Crippen LogP contribution in [0.3, 0.4) is 0 Å². The molecule has 3 rings (SSSR count). The number of aromatic nitrogens is 1. The van der Waals surface area contributed by atoms with Gasteiger partial charge in [-0.05, 0) is 41.8 Å². The Balaban J connectivity index is 1.98. The number of hydrogen-bond acceptors (Lipinski definition) is 3. The summed E-state index contributed by atoms with van der Waals surface area (Å²) in [5.74, 6) is 5.80. The zero-order valence-electron chi connectivity index (χ0n) is 11.5. The van der Waals surface area contributed by atoms with E-state index in [2.05, 4.69) is 50.6 Å². The summed E-state index contributed by atoms with van der Waals surface area (Å²) in [6.45, 7) is 0. The van der Waals surface area contributed by atoms with Crippen LogP contribution >= 0.6 is 15.9 Å². The van der Waals surface area contributed by atoms with Crippen molar-refractivity contribution < 1.29 is 0 Å². The van der Waals surface area contributed by atoms with Gasteiger partial charge in [-0.2, -0.15) is 0 Å². The minimum Gasteiger partial charge on any atom is -0.271 e. The summed E-state index contributed by atoms with van der Waals surface area (Å²) in [5, 5.41) is 1.14. The maximum Gasteiger partial charge on any atom is 0.0705 e. The van der Waals surface area contributed by atoms with Crippen LogP contribution in [0.1, 0.15) is 17.2 Å². The van der Waals surface area contributed by atoms with Gasteiger partial charge in [0.1, 0.15) is 0 Å². The maximum absolute atomic E-state index is 5.80. The smallest absolute Gasteiger partial charge is 0.0705 e. The fourth-order valence-electron chi connectivity index (χ4n) is 2.59. The lowest BCUT2D eigenvalue weighted by Gasteiger charge is -2.18. The predicted octanol–water partition coefficient (Wildman–Crippen LogP) is 3.74. The van der Waals surface area contributed by atoms with E-state index in [9.17, 15) is 0 Å². The van der Waals surface area contributed by atoms with E-state index >= 15 is 0 Å². The summed E-state index contributed by atoms with van der Waals surface area (Å²) in [5.41, 5.74) is 6.32. The molecule has 21 heavy (non-hydrogen) atoms. The van der Waals surface area contributed by atoms with Gasteiger partial charge in [-0.1, -0.05) is 46.3 Å². The molecule has 2 aromatic carbocycles. The van der Waals surface area contributed by atoms with Crippen LogP contribution in [0.25, 0.3) is 10.9 Å². The number of hydrogen-bond donors (Lipinski definition) is 2. The summed E-state index contributed by atoms with van der Waals surface area (Å²) >= 11 is 3.51. The van der Waals surface area contributed by atoms with E-state index in [1.54, 1.807) is 0 Å². The molecule has 0 saturated heterocycles. The van der Waals surface area contributed by atoms with E-state index in [0.717, 1.165) is 21.8 Å². The van der Waals surface area contributed by atoms with Gasteiger partial charge in [0.15, 0.2) is 0 Å². The van der Waals surface area contributed by atoms with Crippen molar-refractivity contribution in [3.63, 3.8) is 0 Å². The Bertz CT molecular complexity index is 752. The summed E-state index contributed by atoms with van der Waals surface area (Å²) in [6, 6.07) is 18.5. The largest absolute Gasteiger partial charge is 0.271 e. The molecule has 0 fully saturated rings. The first-order chi connectivity index (χ1) is 10.3. The van der Waals surface area contributed by atoms with Crippen LogP contribution < -0.4 is 11.3 Å². The van der Waals surface area contributed by atoms with Crippen LogP contribution in [0.4, 0.5) is 0 Å². The van der Waals surface area contributed by atoms with Crippen molar-refractivity contribution >= 4 is 26.8 Å². The van der Waals surface area contributed by atoms with Gasteiger partial charge in [0.2, 0.25) is 0 Å². The van der Waals surface area contributed by atoms with Gasteiger partial charge in [-0.15, -0.1) is 0 Å². The quantitative estimate of drug-likeness (QED) is 0.561. The first-order valence-corrected chi connectivity index (χ1v) is 7.61. The lowest BCUT2D eigenvalue weighted by molar-refractivity contribution is 0.555. The van der Waals surface area contributed by atoms with Gasteiger partial charge in [0.25, 0.3) is 0 Å². The lowest BCUT2D eigenvalue weighted by atomic mass is 9.96. The molecule has 3 aromatic rings. The molecule has 1 heterocycles. The molecular formula is C17H16BrN3. The molecule has 3 nitrogen and oxygen atoms in total. The maximum atomic E-state index is 5.80. The molecular weight excluding hydrogens is 326 g/mol. The molecule has 0 saturated carbocycles. The van der Waals surface area contributed by atoms with Gasteiger partial charge < -0.3 is 0 Å². The topological polar surface area (TPSA) is 50.9 Å². The number of fused-ring (bicyclic) bond motifs is 1. The van der Waals surface area contributed by atoms with Crippen molar-refractivity contribution in [3.05, 3.63) is 76.4 Å². The molecule has 0 spiro atoms. The van der Waals surface area contributed by atoms with Gasteiger partial charge >= 0.3 is 0 Å². The minimum atomic E-state index is 0.0483. The van der Waals surface area contributed by atoms with Crippen molar-refractivity contribution in [2.75, 3.05) is 0 Å². The molecule has 0 radical (unpaired) electrons. The van der Waals surface area contributed by atoms with E-state index in [4.69, 9.17) is 5.84 Å². The van der Waals surface area contributed by atoms with Crippen molar-refractivity contribution in [2.45, 2.75) is 12.5 Å². The van der Waals surface area contributed by atoms with E-state index in [0.29, 0.717) is 0 Å².